The third-order valence-corrected chi connectivity index (χ3v) is 6.06. The summed E-state index contributed by atoms with van der Waals surface area (Å²) in [6, 6.07) is 13.3. The first kappa shape index (κ1) is 18.7. The van der Waals surface area contributed by atoms with Crippen LogP contribution in [0, 0.1) is 19.3 Å². The molecule has 0 spiro atoms. The maximum Gasteiger partial charge on any atom is 0.0708 e. The highest BCUT2D eigenvalue weighted by molar-refractivity contribution is 5.67. The molecule has 0 radical (unpaired) electrons. The molecule has 2 rings (SSSR count). The number of aryl methyl sites for hydroxylation is 2. The minimum atomic E-state index is 0.130. The van der Waals surface area contributed by atoms with E-state index in [2.05, 4.69) is 84.9 Å². The first-order chi connectivity index (χ1) is 11.2. The van der Waals surface area contributed by atoms with Gasteiger partial charge in [-0.05, 0) is 54.9 Å². The standard InChI is InChI=1S/C23H33N/c1-8-15-23(7,22(5,6)9-2)20-14-13-17(3)16-19(20)21-12-10-11-18(4)24-21/h10-14,16H,8-9,15H2,1-7H3. The van der Waals surface area contributed by atoms with Crippen LogP contribution in [0.2, 0.25) is 0 Å². The van der Waals surface area contributed by atoms with E-state index >= 15 is 0 Å². The van der Waals surface area contributed by atoms with Crippen molar-refractivity contribution in [2.75, 3.05) is 0 Å². The molecule has 2 aromatic rings. The van der Waals surface area contributed by atoms with Gasteiger partial charge in [0, 0.05) is 11.3 Å². The number of hydrogen-bond donors (Lipinski definition) is 0. The van der Waals surface area contributed by atoms with E-state index in [1.165, 1.54) is 29.5 Å². The van der Waals surface area contributed by atoms with Crippen LogP contribution in [0.5, 0.6) is 0 Å². The predicted molar refractivity (Wildman–Crippen MR) is 105 cm³/mol. The normalized spacial score (nSPS) is 14.5. The van der Waals surface area contributed by atoms with Gasteiger partial charge in [0.25, 0.3) is 0 Å². The molecule has 0 aliphatic rings. The minimum absolute atomic E-state index is 0.130. The Hall–Kier alpha value is -1.63. The number of hydrogen-bond acceptors (Lipinski definition) is 1. The first-order valence-corrected chi connectivity index (χ1v) is 9.30. The number of benzene rings is 1. The molecule has 0 bridgehead atoms. The average molecular weight is 324 g/mol. The molecule has 1 aromatic carbocycles. The van der Waals surface area contributed by atoms with E-state index < -0.39 is 0 Å². The van der Waals surface area contributed by atoms with Crippen molar-refractivity contribution in [2.24, 2.45) is 5.41 Å². The summed E-state index contributed by atoms with van der Waals surface area (Å²) in [6.07, 6.45) is 3.54. The summed E-state index contributed by atoms with van der Waals surface area (Å²) in [5.74, 6) is 0. The minimum Gasteiger partial charge on any atom is -0.253 e. The quantitative estimate of drug-likeness (QED) is 0.566. The van der Waals surface area contributed by atoms with Gasteiger partial charge in [0.1, 0.15) is 0 Å². The lowest BCUT2D eigenvalue weighted by molar-refractivity contribution is 0.157. The van der Waals surface area contributed by atoms with E-state index in [-0.39, 0.29) is 10.8 Å². The van der Waals surface area contributed by atoms with Crippen molar-refractivity contribution in [3.63, 3.8) is 0 Å². The second-order valence-corrected chi connectivity index (χ2v) is 8.03. The second kappa shape index (κ2) is 7.09. The third kappa shape index (κ3) is 3.41. The number of rotatable bonds is 6. The van der Waals surface area contributed by atoms with Crippen LogP contribution in [-0.4, -0.2) is 4.98 Å². The molecule has 1 nitrogen and oxygen atoms in total. The van der Waals surface area contributed by atoms with E-state index in [0.717, 1.165) is 17.8 Å². The van der Waals surface area contributed by atoms with Crippen LogP contribution in [0.15, 0.2) is 36.4 Å². The van der Waals surface area contributed by atoms with Crippen LogP contribution >= 0.6 is 0 Å². The largest absolute Gasteiger partial charge is 0.253 e. The molecule has 0 amide bonds. The Balaban J connectivity index is 2.73. The Morgan fingerprint density at radius 1 is 0.958 bits per heavy atom. The van der Waals surface area contributed by atoms with Gasteiger partial charge in [0.15, 0.2) is 0 Å². The summed E-state index contributed by atoms with van der Waals surface area (Å²) in [6.45, 7) is 16.1. The molecule has 0 N–H and O–H groups in total. The maximum atomic E-state index is 4.83. The zero-order valence-corrected chi connectivity index (χ0v) is 16.5. The summed E-state index contributed by atoms with van der Waals surface area (Å²) in [5, 5.41) is 0. The Bertz CT molecular complexity index is 699. The molecule has 0 aliphatic heterocycles. The maximum absolute atomic E-state index is 4.83. The van der Waals surface area contributed by atoms with Crippen molar-refractivity contribution in [1.29, 1.82) is 0 Å². The fraction of sp³-hybridized carbons (Fsp3) is 0.522. The lowest BCUT2D eigenvalue weighted by atomic mass is 9.58. The zero-order chi connectivity index (χ0) is 18.0. The second-order valence-electron chi connectivity index (χ2n) is 8.03. The van der Waals surface area contributed by atoms with Crippen molar-refractivity contribution < 1.29 is 0 Å². The van der Waals surface area contributed by atoms with Crippen molar-refractivity contribution in [3.05, 3.63) is 53.2 Å². The fourth-order valence-electron chi connectivity index (χ4n) is 3.77. The van der Waals surface area contributed by atoms with Crippen LogP contribution in [0.1, 0.15) is 70.7 Å². The lowest BCUT2D eigenvalue weighted by Gasteiger charge is -2.46. The number of aromatic nitrogens is 1. The topological polar surface area (TPSA) is 12.9 Å². The Labute approximate surface area is 148 Å². The molecule has 0 fully saturated rings. The van der Waals surface area contributed by atoms with Gasteiger partial charge in [-0.25, -0.2) is 0 Å². The Kier molecular flexibility index (Phi) is 5.52. The molecule has 1 heterocycles. The summed E-state index contributed by atoms with van der Waals surface area (Å²) in [4.78, 5) is 4.83. The molecule has 1 atom stereocenters. The highest BCUT2D eigenvalue weighted by Crippen LogP contribution is 2.49. The Morgan fingerprint density at radius 3 is 2.25 bits per heavy atom. The van der Waals surface area contributed by atoms with Gasteiger partial charge in [-0.1, -0.05) is 71.2 Å². The van der Waals surface area contributed by atoms with Crippen molar-refractivity contribution in [3.8, 4) is 11.3 Å². The fourth-order valence-corrected chi connectivity index (χ4v) is 3.77. The third-order valence-electron chi connectivity index (χ3n) is 6.06. The van der Waals surface area contributed by atoms with E-state index in [4.69, 9.17) is 4.98 Å². The van der Waals surface area contributed by atoms with Crippen molar-refractivity contribution in [2.45, 2.75) is 73.1 Å². The summed E-state index contributed by atoms with van der Waals surface area (Å²) < 4.78 is 0. The Morgan fingerprint density at radius 2 is 1.67 bits per heavy atom. The van der Waals surface area contributed by atoms with Gasteiger partial charge in [-0.15, -0.1) is 0 Å². The van der Waals surface area contributed by atoms with E-state index in [1.807, 2.05) is 0 Å². The molecule has 1 unspecified atom stereocenters. The van der Waals surface area contributed by atoms with Crippen LogP contribution < -0.4 is 0 Å². The molecule has 0 saturated heterocycles. The summed E-state index contributed by atoms with van der Waals surface area (Å²) in [5.41, 5.74) is 6.58. The van der Waals surface area contributed by atoms with Gasteiger partial charge < -0.3 is 0 Å². The monoisotopic (exact) mass is 323 g/mol. The zero-order valence-electron chi connectivity index (χ0n) is 16.5. The van der Waals surface area contributed by atoms with Crippen molar-refractivity contribution in [1.82, 2.24) is 4.98 Å². The molecular weight excluding hydrogens is 290 g/mol. The van der Waals surface area contributed by atoms with Gasteiger partial charge in [-0.2, -0.15) is 0 Å². The smallest absolute Gasteiger partial charge is 0.0708 e. The van der Waals surface area contributed by atoms with Crippen molar-refractivity contribution >= 4 is 0 Å². The highest BCUT2D eigenvalue weighted by Gasteiger charge is 2.41. The molecule has 1 heteroatoms. The van der Waals surface area contributed by atoms with Gasteiger partial charge in [0.2, 0.25) is 0 Å². The lowest BCUT2D eigenvalue weighted by Crippen LogP contribution is -2.39. The van der Waals surface area contributed by atoms with Gasteiger partial charge in [0.05, 0.1) is 5.69 Å². The molecular formula is C23H33N. The molecule has 0 aliphatic carbocycles. The molecule has 1 aromatic heterocycles. The van der Waals surface area contributed by atoms with E-state index in [0.29, 0.717) is 0 Å². The SMILES string of the molecule is CCCC(C)(c1ccc(C)cc1-c1cccc(C)n1)C(C)(C)CC. The molecule has 24 heavy (non-hydrogen) atoms. The van der Waals surface area contributed by atoms with Crippen LogP contribution in [0.25, 0.3) is 11.3 Å². The summed E-state index contributed by atoms with van der Waals surface area (Å²) in [7, 11) is 0. The summed E-state index contributed by atoms with van der Waals surface area (Å²) >= 11 is 0. The number of nitrogens with zero attached hydrogens (tertiary/aromatic N) is 1. The molecule has 0 saturated carbocycles. The molecule has 130 valence electrons. The van der Waals surface area contributed by atoms with Crippen LogP contribution in [0.3, 0.4) is 0 Å². The predicted octanol–water partition coefficient (Wildman–Crippen LogP) is 6.86. The van der Waals surface area contributed by atoms with Crippen LogP contribution in [0.4, 0.5) is 0 Å². The number of pyridine rings is 1. The van der Waals surface area contributed by atoms with E-state index in [9.17, 15) is 0 Å². The van der Waals surface area contributed by atoms with Gasteiger partial charge in [-0.3, -0.25) is 4.98 Å². The van der Waals surface area contributed by atoms with Gasteiger partial charge >= 0.3 is 0 Å². The van der Waals surface area contributed by atoms with Crippen LogP contribution in [-0.2, 0) is 5.41 Å². The highest BCUT2D eigenvalue weighted by atomic mass is 14.7. The average Bonchev–Trinajstić information content (AvgIpc) is 2.54. The first-order valence-electron chi connectivity index (χ1n) is 9.30. The van der Waals surface area contributed by atoms with E-state index in [1.54, 1.807) is 0 Å².